The van der Waals surface area contributed by atoms with Crippen molar-refractivity contribution in [1.82, 2.24) is 0 Å². The van der Waals surface area contributed by atoms with Gasteiger partial charge in [0.1, 0.15) is 5.41 Å². The number of carboxylic acid groups (broad SMARTS) is 2. The SMILES string of the molecule is CC1(C)CC[C@]2(C(=O)O)[C@H](O)C[C@]3(C)C(=CC[C@@H]4[C@@]5(C)CC[C@H](O)[C@@](C)(C(=O)O)[C@@H]5CC[C@]43C)[C@H]2C1. The highest BCUT2D eigenvalue weighted by atomic mass is 16.4. The van der Waals surface area contributed by atoms with Crippen molar-refractivity contribution in [2.45, 2.75) is 112 Å². The lowest BCUT2D eigenvalue weighted by atomic mass is 9.33. The molecule has 0 radical (unpaired) electrons. The molecule has 0 unspecified atom stereocenters. The van der Waals surface area contributed by atoms with Gasteiger partial charge in [-0.05, 0) is 104 Å². The van der Waals surface area contributed by atoms with Gasteiger partial charge in [0.2, 0.25) is 0 Å². The first-order valence-electron chi connectivity index (χ1n) is 14.0. The van der Waals surface area contributed by atoms with E-state index in [0.29, 0.717) is 19.3 Å². The predicted octanol–water partition coefficient (Wildman–Crippen LogP) is 5.27. The third kappa shape index (κ3) is 2.92. The molecule has 5 aliphatic rings. The Morgan fingerprint density at radius 3 is 2.08 bits per heavy atom. The summed E-state index contributed by atoms with van der Waals surface area (Å²) >= 11 is 0. The van der Waals surface area contributed by atoms with Gasteiger partial charge in [0, 0.05) is 0 Å². The summed E-state index contributed by atoms with van der Waals surface area (Å²) in [4.78, 5) is 25.3. The normalized spacial score (nSPS) is 53.7. The molecule has 4 N–H and O–H groups in total. The topological polar surface area (TPSA) is 115 Å². The molecule has 202 valence electrons. The van der Waals surface area contributed by atoms with Crippen LogP contribution in [0, 0.1) is 50.2 Å². The minimum atomic E-state index is -1.17. The molecule has 0 bridgehead atoms. The van der Waals surface area contributed by atoms with Crippen LogP contribution in [0.15, 0.2) is 11.6 Å². The van der Waals surface area contributed by atoms with Gasteiger partial charge in [-0.2, -0.15) is 0 Å². The molecule has 4 saturated carbocycles. The molecule has 0 aliphatic heterocycles. The summed E-state index contributed by atoms with van der Waals surface area (Å²) in [6.07, 6.45) is 6.70. The van der Waals surface area contributed by atoms with Crippen LogP contribution in [0.2, 0.25) is 0 Å². The largest absolute Gasteiger partial charge is 0.481 e. The molecule has 0 spiro atoms. The Labute approximate surface area is 215 Å². The zero-order valence-electron chi connectivity index (χ0n) is 22.9. The van der Waals surface area contributed by atoms with E-state index in [9.17, 15) is 30.0 Å². The zero-order valence-corrected chi connectivity index (χ0v) is 22.9. The number of carboxylic acids is 2. The van der Waals surface area contributed by atoms with Gasteiger partial charge < -0.3 is 20.4 Å². The summed E-state index contributed by atoms with van der Waals surface area (Å²) in [6, 6.07) is 0. The minimum absolute atomic E-state index is 0.0205. The molecule has 0 aromatic rings. The van der Waals surface area contributed by atoms with Crippen LogP contribution >= 0.6 is 0 Å². The van der Waals surface area contributed by atoms with Crippen molar-refractivity contribution in [1.29, 1.82) is 0 Å². The second-order valence-electron chi connectivity index (χ2n) is 14.9. The number of rotatable bonds is 2. The first-order valence-corrected chi connectivity index (χ1v) is 14.0. The molecule has 0 aromatic carbocycles. The second-order valence-corrected chi connectivity index (χ2v) is 14.9. The molecule has 36 heavy (non-hydrogen) atoms. The van der Waals surface area contributed by atoms with Crippen LogP contribution in [0.5, 0.6) is 0 Å². The molecule has 0 amide bonds. The Balaban J connectivity index is 1.63. The standard InChI is InChI=1S/C30H46O6/c1-25(2)13-14-30(24(35)36)18(15-25)17-7-8-19-26(3)11-10-21(31)29(6,23(33)34)20(26)9-12-27(19,4)28(17,5)16-22(30)32/h7,18-22,31-32H,8-16H2,1-6H3,(H,33,34)(H,35,36)/t18-,19-,20-,21+,22-,26-,27-,28-,29+,30-/m1/s1. The smallest absolute Gasteiger partial charge is 0.312 e. The summed E-state index contributed by atoms with van der Waals surface area (Å²) in [5, 5.41) is 43.3. The van der Waals surface area contributed by atoms with E-state index in [0.717, 1.165) is 38.5 Å². The fraction of sp³-hybridized carbons (Fsp3) is 0.867. The number of aliphatic carboxylic acids is 2. The van der Waals surface area contributed by atoms with E-state index in [1.54, 1.807) is 6.92 Å². The summed E-state index contributed by atoms with van der Waals surface area (Å²) in [7, 11) is 0. The van der Waals surface area contributed by atoms with E-state index < -0.39 is 35.0 Å². The molecule has 0 heterocycles. The molecule has 5 rings (SSSR count). The third-order valence-electron chi connectivity index (χ3n) is 13.2. The third-order valence-corrected chi connectivity index (χ3v) is 13.2. The van der Waals surface area contributed by atoms with Crippen molar-refractivity contribution >= 4 is 11.9 Å². The highest BCUT2D eigenvalue weighted by molar-refractivity contribution is 5.78. The summed E-state index contributed by atoms with van der Waals surface area (Å²) in [6.45, 7) is 13.0. The molecule has 5 aliphatic carbocycles. The molecule has 4 fully saturated rings. The van der Waals surface area contributed by atoms with Gasteiger partial charge in [0.25, 0.3) is 0 Å². The Morgan fingerprint density at radius 1 is 0.806 bits per heavy atom. The lowest BCUT2D eigenvalue weighted by Crippen LogP contribution is -2.68. The average Bonchev–Trinajstić information content (AvgIpc) is 2.76. The summed E-state index contributed by atoms with van der Waals surface area (Å²) in [5.74, 6) is -1.86. The number of aliphatic hydroxyl groups excluding tert-OH is 2. The van der Waals surface area contributed by atoms with Gasteiger partial charge in [-0.15, -0.1) is 0 Å². The monoisotopic (exact) mass is 502 g/mol. The number of aliphatic hydroxyl groups is 2. The lowest BCUT2D eigenvalue weighted by molar-refractivity contribution is -0.225. The van der Waals surface area contributed by atoms with Gasteiger partial charge in [0.15, 0.2) is 0 Å². The molecule has 6 nitrogen and oxygen atoms in total. The Hall–Kier alpha value is -1.40. The quantitative estimate of drug-likeness (QED) is 0.383. The number of carbonyl (C=O) groups is 2. The molecule has 6 heteroatoms. The Bertz CT molecular complexity index is 1020. The molecular formula is C30H46O6. The maximum Gasteiger partial charge on any atom is 0.312 e. The van der Waals surface area contributed by atoms with Gasteiger partial charge in [-0.3, -0.25) is 9.59 Å². The van der Waals surface area contributed by atoms with E-state index in [-0.39, 0.29) is 39.4 Å². The summed E-state index contributed by atoms with van der Waals surface area (Å²) in [5.41, 5.74) is -1.82. The van der Waals surface area contributed by atoms with E-state index in [4.69, 9.17) is 0 Å². The Morgan fingerprint density at radius 2 is 1.47 bits per heavy atom. The maximum absolute atomic E-state index is 12.8. The van der Waals surface area contributed by atoms with Gasteiger partial charge in [-0.25, -0.2) is 0 Å². The molecule has 0 aromatic heterocycles. The summed E-state index contributed by atoms with van der Waals surface area (Å²) < 4.78 is 0. The fourth-order valence-electron chi connectivity index (χ4n) is 10.7. The van der Waals surface area contributed by atoms with Crippen LogP contribution in [0.3, 0.4) is 0 Å². The first-order chi connectivity index (χ1) is 16.5. The fourth-order valence-corrected chi connectivity index (χ4v) is 10.7. The van der Waals surface area contributed by atoms with Crippen molar-refractivity contribution in [2.24, 2.45) is 50.2 Å². The number of fused-ring (bicyclic) bond motifs is 7. The van der Waals surface area contributed by atoms with E-state index >= 15 is 0 Å². The van der Waals surface area contributed by atoms with Gasteiger partial charge in [-0.1, -0.05) is 46.3 Å². The van der Waals surface area contributed by atoms with Crippen molar-refractivity contribution in [3.63, 3.8) is 0 Å². The van der Waals surface area contributed by atoms with Crippen LogP contribution < -0.4 is 0 Å². The molecular weight excluding hydrogens is 456 g/mol. The molecule has 10 atom stereocenters. The van der Waals surface area contributed by atoms with Crippen molar-refractivity contribution in [2.75, 3.05) is 0 Å². The van der Waals surface area contributed by atoms with E-state index in [1.807, 2.05) is 0 Å². The van der Waals surface area contributed by atoms with Gasteiger partial charge >= 0.3 is 11.9 Å². The van der Waals surface area contributed by atoms with Crippen LogP contribution in [-0.2, 0) is 9.59 Å². The van der Waals surface area contributed by atoms with Crippen LogP contribution in [-0.4, -0.2) is 44.6 Å². The van der Waals surface area contributed by atoms with Crippen molar-refractivity contribution in [3.05, 3.63) is 11.6 Å². The van der Waals surface area contributed by atoms with E-state index in [2.05, 4.69) is 40.7 Å². The van der Waals surface area contributed by atoms with E-state index in [1.165, 1.54) is 5.57 Å². The second kappa shape index (κ2) is 7.59. The zero-order chi connectivity index (χ0) is 26.7. The van der Waals surface area contributed by atoms with Crippen LogP contribution in [0.1, 0.15) is 99.3 Å². The van der Waals surface area contributed by atoms with Crippen molar-refractivity contribution < 1.29 is 30.0 Å². The van der Waals surface area contributed by atoms with Gasteiger partial charge in [0.05, 0.1) is 17.6 Å². The highest BCUT2D eigenvalue weighted by Crippen LogP contribution is 2.75. The number of allylic oxidation sites excluding steroid dienone is 2. The lowest BCUT2D eigenvalue weighted by Gasteiger charge is -2.71. The van der Waals surface area contributed by atoms with Crippen LogP contribution in [0.25, 0.3) is 0 Å². The first kappa shape index (κ1) is 26.2. The minimum Gasteiger partial charge on any atom is -0.481 e. The van der Waals surface area contributed by atoms with Crippen LogP contribution in [0.4, 0.5) is 0 Å². The number of hydrogen-bond acceptors (Lipinski definition) is 4. The molecule has 0 saturated heterocycles. The maximum atomic E-state index is 12.8. The highest BCUT2D eigenvalue weighted by Gasteiger charge is 2.72. The number of hydrogen-bond donors (Lipinski definition) is 4. The predicted molar refractivity (Wildman–Crippen MR) is 136 cm³/mol. The Kier molecular flexibility index (Phi) is 5.53. The van der Waals surface area contributed by atoms with Crippen molar-refractivity contribution in [3.8, 4) is 0 Å². The average molecular weight is 503 g/mol.